The average Bonchev–Trinajstić information content (AvgIpc) is 2.37. The van der Waals surface area contributed by atoms with Gasteiger partial charge in [0.05, 0.1) is 10.2 Å². The van der Waals surface area contributed by atoms with Gasteiger partial charge in [-0.05, 0) is 58.7 Å². The molecule has 0 aliphatic rings. The van der Waals surface area contributed by atoms with E-state index in [1.54, 1.807) is 13.0 Å². The minimum Gasteiger partial charge on any atom is -0.319 e. The Morgan fingerprint density at radius 2 is 1.79 bits per heavy atom. The van der Waals surface area contributed by atoms with E-state index >= 15 is 0 Å². The molecule has 0 aliphatic heterocycles. The van der Waals surface area contributed by atoms with Crippen LogP contribution >= 0.6 is 15.9 Å². The molecular weight excluding hydrogens is 316 g/mol. The zero-order valence-electron chi connectivity index (χ0n) is 10.0. The number of carbonyl (C=O) groups excluding carboxylic acids is 1. The molecule has 2 nitrogen and oxygen atoms in total. The number of aryl methyl sites for hydroxylation is 1. The van der Waals surface area contributed by atoms with Crippen molar-refractivity contribution in [2.75, 3.05) is 5.32 Å². The first-order valence-corrected chi connectivity index (χ1v) is 6.29. The fourth-order valence-electron chi connectivity index (χ4n) is 1.57. The maximum absolute atomic E-state index is 13.5. The van der Waals surface area contributed by atoms with Gasteiger partial charge in [-0.15, -0.1) is 0 Å². The quantitative estimate of drug-likeness (QED) is 0.876. The number of hydrogen-bond acceptors (Lipinski definition) is 1. The summed E-state index contributed by atoms with van der Waals surface area (Å²) in [6.07, 6.45) is 0. The Labute approximate surface area is 117 Å². The number of nitrogens with one attached hydrogen (secondary N) is 1. The summed E-state index contributed by atoms with van der Waals surface area (Å²) >= 11 is 3.00. The van der Waals surface area contributed by atoms with Crippen LogP contribution in [-0.4, -0.2) is 5.91 Å². The Morgan fingerprint density at radius 3 is 2.47 bits per heavy atom. The number of anilines is 1. The third-order valence-electron chi connectivity index (χ3n) is 2.55. The molecule has 0 fully saturated rings. The van der Waals surface area contributed by atoms with E-state index in [1.807, 2.05) is 0 Å². The van der Waals surface area contributed by atoms with Crippen LogP contribution in [-0.2, 0) is 0 Å². The second-order valence-electron chi connectivity index (χ2n) is 4.07. The zero-order valence-corrected chi connectivity index (χ0v) is 11.6. The highest BCUT2D eigenvalue weighted by Crippen LogP contribution is 2.20. The molecule has 0 saturated carbocycles. The van der Waals surface area contributed by atoms with Crippen molar-refractivity contribution in [3.05, 3.63) is 63.6 Å². The van der Waals surface area contributed by atoms with Gasteiger partial charge in [-0.3, -0.25) is 4.79 Å². The smallest absolute Gasteiger partial charge is 0.255 e. The standard InChI is InChI=1S/C14H10BrF2NO/c1-8-2-4-12(17)13(6-8)18-14(19)9-3-5-11(16)10(15)7-9/h2-7H,1H3,(H,18,19). The monoisotopic (exact) mass is 325 g/mol. The Hall–Kier alpha value is -1.75. The summed E-state index contributed by atoms with van der Waals surface area (Å²) < 4.78 is 26.8. The Bertz CT molecular complexity index is 643. The maximum atomic E-state index is 13.5. The van der Waals surface area contributed by atoms with Crippen LogP contribution in [0.15, 0.2) is 40.9 Å². The van der Waals surface area contributed by atoms with Crippen molar-refractivity contribution in [1.82, 2.24) is 0 Å². The summed E-state index contributed by atoms with van der Waals surface area (Å²) in [6, 6.07) is 8.28. The number of hydrogen-bond donors (Lipinski definition) is 1. The number of benzene rings is 2. The molecule has 0 spiro atoms. The first kappa shape index (κ1) is 13.7. The normalized spacial score (nSPS) is 10.3. The SMILES string of the molecule is Cc1ccc(F)c(NC(=O)c2ccc(F)c(Br)c2)c1. The van der Waals surface area contributed by atoms with Crippen LogP contribution < -0.4 is 5.32 Å². The molecule has 0 aromatic heterocycles. The van der Waals surface area contributed by atoms with E-state index in [9.17, 15) is 13.6 Å². The molecule has 2 aromatic rings. The molecule has 1 N–H and O–H groups in total. The van der Waals surface area contributed by atoms with E-state index in [2.05, 4.69) is 21.2 Å². The summed E-state index contributed by atoms with van der Waals surface area (Å²) in [4.78, 5) is 11.9. The topological polar surface area (TPSA) is 29.1 Å². The molecule has 0 atom stereocenters. The summed E-state index contributed by atoms with van der Waals surface area (Å²) in [5, 5.41) is 2.46. The van der Waals surface area contributed by atoms with Gasteiger partial charge in [0.1, 0.15) is 11.6 Å². The van der Waals surface area contributed by atoms with Gasteiger partial charge in [0.15, 0.2) is 0 Å². The van der Waals surface area contributed by atoms with Crippen LogP contribution in [0.1, 0.15) is 15.9 Å². The largest absolute Gasteiger partial charge is 0.319 e. The lowest BCUT2D eigenvalue weighted by Crippen LogP contribution is -2.13. The van der Waals surface area contributed by atoms with Gasteiger partial charge in [0.25, 0.3) is 5.91 Å². The minimum absolute atomic E-state index is 0.102. The van der Waals surface area contributed by atoms with Crippen LogP contribution in [0.2, 0.25) is 0 Å². The second-order valence-corrected chi connectivity index (χ2v) is 4.92. The van der Waals surface area contributed by atoms with Crippen LogP contribution in [0.5, 0.6) is 0 Å². The van der Waals surface area contributed by atoms with E-state index in [0.29, 0.717) is 0 Å². The van der Waals surface area contributed by atoms with E-state index in [0.717, 1.165) is 5.56 Å². The predicted octanol–water partition coefficient (Wildman–Crippen LogP) is 4.29. The molecule has 2 aromatic carbocycles. The fourth-order valence-corrected chi connectivity index (χ4v) is 1.95. The second kappa shape index (κ2) is 5.48. The fraction of sp³-hybridized carbons (Fsp3) is 0.0714. The van der Waals surface area contributed by atoms with Crippen LogP contribution in [0, 0.1) is 18.6 Å². The molecule has 98 valence electrons. The van der Waals surface area contributed by atoms with Crippen molar-refractivity contribution in [2.24, 2.45) is 0 Å². The summed E-state index contributed by atoms with van der Waals surface area (Å²) in [7, 11) is 0. The van der Waals surface area contributed by atoms with Crippen molar-refractivity contribution in [3.63, 3.8) is 0 Å². The molecule has 0 bridgehead atoms. The van der Waals surface area contributed by atoms with Gasteiger partial charge in [-0.25, -0.2) is 8.78 Å². The predicted molar refractivity (Wildman–Crippen MR) is 73.2 cm³/mol. The van der Waals surface area contributed by atoms with Gasteiger partial charge in [0.2, 0.25) is 0 Å². The van der Waals surface area contributed by atoms with Crippen molar-refractivity contribution in [2.45, 2.75) is 6.92 Å². The Morgan fingerprint density at radius 1 is 1.11 bits per heavy atom. The van der Waals surface area contributed by atoms with Crippen LogP contribution in [0.4, 0.5) is 14.5 Å². The Balaban J connectivity index is 2.25. The molecule has 0 heterocycles. The average molecular weight is 326 g/mol. The molecule has 5 heteroatoms. The number of halogens is 3. The van der Waals surface area contributed by atoms with Gasteiger partial charge in [-0.2, -0.15) is 0 Å². The highest BCUT2D eigenvalue weighted by molar-refractivity contribution is 9.10. The van der Waals surface area contributed by atoms with Gasteiger partial charge >= 0.3 is 0 Å². The number of rotatable bonds is 2. The lowest BCUT2D eigenvalue weighted by Gasteiger charge is -2.08. The summed E-state index contributed by atoms with van der Waals surface area (Å²) in [6.45, 7) is 1.80. The zero-order chi connectivity index (χ0) is 14.0. The lowest BCUT2D eigenvalue weighted by atomic mass is 10.2. The maximum Gasteiger partial charge on any atom is 0.255 e. The van der Waals surface area contributed by atoms with Crippen molar-refractivity contribution < 1.29 is 13.6 Å². The molecule has 19 heavy (non-hydrogen) atoms. The molecule has 1 amide bonds. The lowest BCUT2D eigenvalue weighted by molar-refractivity contribution is 0.102. The molecule has 0 saturated heterocycles. The molecule has 2 rings (SSSR count). The van der Waals surface area contributed by atoms with Crippen LogP contribution in [0.3, 0.4) is 0 Å². The third-order valence-corrected chi connectivity index (χ3v) is 3.16. The summed E-state index contributed by atoms with van der Waals surface area (Å²) in [5.41, 5.74) is 1.18. The van der Waals surface area contributed by atoms with Crippen molar-refractivity contribution >= 4 is 27.5 Å². The molecular formula is C14H10BrF2NO. The number of amides is 1. The van der Waals surface area contributed by atoms with Gasteiger partial charge in [0, 0.05) is 5.56 Å². The number of carbonyl (C=O) groups is 1. The molecule has 0 radical (unpaired) electrons. The Kier molecular flexibility index (Phi) is 3.95. The summed E-state index contributed by atoms with van der Waals surface area (Å²) in [5.74, 6) is -1.47. The first-order valence-electron chi connectivity index (χ1n) is 5.50. The van der Waals surface area contributed by atoms with Crippen molar-refractivity contribution in [1.29, 1.82) is 0 Å². The van der Waals surface area contributed by atoms with E-state index in [1.165, 1.54) is 30.3 Å². The minimum atomic E-state index is -0.514. The molecule has 0 unspecified atom stereocenters. The van der Waals surface area contributed by atoms with Gasteiger partial charge in [-0.1, -0.05) is 6.07 Å². The highest BCUT2D eigenvalue weighted by atomic mass is 79.9. The van der Waals surface area contributed by atoms with E-state index < -0.39 is 17.5 Å². The van der Waals surface area contributed by atoms with Gasteiger partial charge < -0.3 is 5.32 Å². The van der Waals surface area contributed by atoms with Crippen LogP contribution in [0.25, 0.3) is 0 Å². The van der Waals surface area contributed by atoms with Crippen molar-refractivity contribution in [3.8, 4) is 0 Å². The first-order chi connectivity index (χ1) is 8.97. The highest BCUT2D eigenvalue weighted by Gasteiger charge is 2.11. The molecule has 0 aliphatic carbocycles. The third kappa shape index (κ3) is 3.17. The van der Waals surface area contributed by atoms with E-state index in [4.69, 9.17) is 0 Å². The van der Waals surface area contributed by atoms with E-state index in [-0.39, 0.29) is 15.7 Å².